The molecule has 0 amide bonds. The largest absolute Gasteiger partial charge is 1.00 e. The normalized spacial score (nSPS) is 10.4. The first kappa shape index (κ1) is 17.4. The molecule has 4 nitrogen and oxygen atoms in total. The molecule has 0 aliphatic rings. The zero-order valence-corrected chi connectivity index (χ0v) is 15.7. The number of carboxylic acids is 1. The van der Waals surface area contributed by atoms with Crippen LogP contribution in [0.1, 0.15) is 10.4 Å². The van der Waals surface area contributed by atoms with Crippen LogP contribution in [-0.4, -0.2) is 15.9 Å². The minimum absolute atomic E-state index is 0. The van der Waals surface area contributed by atoms with Crippen molar-refractivity contribution in [2.24, 2.45) is 0 Å². The van der Waals surface area contributed by atoms with Crippen LogP contribution in [0.4, 0.5) is 0 Å². The molecule has 4 rings (SSSR count). The predicted octanol–water partition coefficient (Wildman–Crippen LogP) is 0.264. The summed E-state index contributed by atoms with van der Waals surface area (Å²) in [4.78, 5) is 18.6. The Hall–Kier alpha value is -2.40. The molecule has 4 aromatic rings. The summed E-state index contributed by atoms with van der Waals surface area (Å²) in [6, 6.07) is 18.8. The third kappa shape index (κ3) is 3.51. The summed E-state index contributed by atoms with van der Waals surface area (Å²) in [5, 5.41) is 12.0. The number of carbonyl (C=O) groups is 1. The average molecular weight is 336 g/mol. The number of para-hydroxylation sites is 1. The van der Waals surface area contributed by atoms with Gasteiger partial charge in [0, 0.05) is 40.1 Å². The number of aromatic nitrogens is 2. The van der Waals surface area contributed by atoms with E-state index in [1.54, 1.807) is 30.5 Å². The van der Waals surface area contributed by atoms with Crippen LogP contribution in [0.15, 0.2) is 73.1 Å². The first-order chi connectivity index (χ1) is 11.7. The molecule has 0 saturated carbocycles. The number of hydrogen-bond acceptors (Lipinski definition) is 3. The number of H-pyrrole nitrogens is 1. The SMILES string of the molecule is O=C([O-])c1ccc(-c2cncc(-c3cc4ccccc4[nH]3)c2)cc1.[Na+]. The molecule has 0 aliphatic heterocycles. The van der Waals surface area contributed by atoms with Crippen molar-refractivity contribution in [3.05, 3.63) is 78.6 Å². The summed E-state index contributed by atoms with van der Waals surface area (Å²) in [6.45, 7) is 0. The monoisotopic (exact) mass is 336 g/mol. The maximum absolute atomic E-state index is 10.8. The Balaban J connectivity index is 0.00000182. The Labute approximate surface area is 166 Å². The molecule has 5 heteroatoms. The summed E-state index contributed by atoms with van der Waals surface area (Å²) < 4.78 is 0. The van der Waals surface area contributed by atoms with Crippen molar-refractivity contribution < 1.29 is 39.5 Å². The first-order valence-corrected chi connectivity index (χ1v) is 7.56. The van der Waals surface area contributed by atoms with E-state index in [2.05, 4.69) is 22.1 Å². The molecule has 25 heavy (non-hydrogen) atoms. The second kappa shape index (κ2) is 7.23. The van der Waals surface area contributed by atoms with Crippen molar-refractivity contribution in [3.8, 4) is 22.4 Å². The number of nitrogens with one attached hydrogen (secondary N) is 1. The number of fused-ring (bicyclic) bond motifs is 1. The van der Waals surface area contributed by atoms with E-state index in [1.165, 1.54) is 0 Å². The van der Waals surface area contributed by atoms with E-state index in [0.29, 0.717) is 0 Å². The van der Waals surface area contributed by atoms with Gasteiger partial charge in [0.2, 0.25) is 0 Å². The van der Waals surface area contributed by atoms with Gasteiger partial charge < -0.3 is 14.9 Å². The Morgan fingerprint density at radius 2 is 1.60 bits per heavy atom. The van der Waals surface area contributed by atoms with Gasteiger partial charge in [0.1, 0.15) is 0 Å². The fourth-order valence-electron chi connectivity index (χ4n) is 2.77. The molecule has 2 aromatic heterocycles. The topological polar surface area (TPSA) is 68.8 Å². The van der Waals surface area contributed by atoms with E-state index in [4.69, 9.17) is 0 Å². The summed E-state index contributed by atoms with van der Waals surface area (Å²) in [5.74, 6) is -1.17. The molecule has 0 bridgehead atoms. The van der Waals surface area contributed by atoms with Gasteiger partial charge in [-0.3, -0.25) is 4.98 Å². The van der Waals surface area contributed by atoms with Crippen LogP contribution in [0.5, 0.6) is 0 Å². The summed E-state index contributed by atoms with van der Waals surface area (Å²) >= 11 is 0. The number of carboxylic acid groups (broad SMARTS) is 1. The third-order valence-corrected chi connectivity index (χ3v) is 4.03. The first-order valence-electron chi connectivity index (χ1n) is 7.56. The van der Waals surface area contributed by atoms with Gasteiger partial charge in [-0.05, 0) is 29.3 Å². The Bertz CT molecular complexity index is 1010. The van der Waals surface area contributed by atoms with Crippen LogP contribution in [0.3, 0.4) is 0 Å². The minimum atomic E-state index is -1.17. The van der Waals surface area contributed by atoms with Gasteiger partial charge in [0.15, 0.2) is 0 Å². The predicted molar refractivity (Wildman–Crippen MR) is 91.3 cm³/mol. The molecular formula is C20H13N2NaO2. The molecular weight excluding hydrogens is 323 g/mol. The summed E-state index contributed by atoms with van der Waals surface area (Å²) in [5.41, 5.74) is 5.06. The summed E-state index contributed by atoms with van der Waals surface area (Å²) in [6.07, 6.45) is 3.57. The number of carbonyl (C=O) groups excluding carboxylic acids is 1. The van der Waals surface area contributed by atoms with Gasteiger partial charge >= 0.3 is 29.6 Å². The number of aromatic carboxylic acids is 1. The van der Waals surface area contributed by atoms with Gasteiger partial charge in [0.25, 0.3) is 0 Å². The molecule has 0 fully saturated rings. The second-order valence-corrected chi connectivity index (χ2v) is 5.60. The molecule has 0 unspecified atom stereocenters. The zero-order valence-electron chi connectivity index (χ0n) is 13.7. The van der Waals surface area contributed by atoms with Crippen LogP contribution in [0.25, 0.3) is 33.3 Å². The molecule has 2 aromatic carbocycles. The minimum Gasteiger partial charge on any atom is -0.545 e. The van der Waals surface area contributed by atoms with E-state index in [-0.39, 0.29) is 35.1 Å². The fourth-order valence-corrected chi connectivity index (χ4v) is 2.77. The van der Waals surface area contributed by atoms with Crippen LogP contribution in [0.2, 0.25) is 0 Å². The zero-order chi connectivity index (χ0) is 16.5. The number of pyridine rings is 1. The van der Waals surface area contributed by atoms with E-state index >= 15 is 0 Å². The number of nitrogens with zero attached hydrogens (tertiary/aromatic N) is 1. The third-order valence-electron chi connectivity index (χ3n) is 4.03. The van der Waals surface area contributed by atoms with Crippen molar-refractivity contribution >= 4 is 16.9 Å². The van der Waals surface area contributed by atoms with Crippen LogP contribution >= 0.6 is 0 Å². The Morgan fingerprint density at radius 1 is 0.880 bits per heavy atom. The molecule has 1 N–H and O–H groups in total. The number of rotatable bonds is 3. The molecule has 2 heterocycles. The van der Waals surface area contributed by atoms with Crippen molar-refractivity contribution in [1.29, 1.82) is 0 Å². The van der Waals surface area contributed by atoms with Gasteiger partial charge in [-0.15, -0.1) is 0 Å². The van der Waals surface area contributed by atoms with Crippen molar-refractivity contribution in [3.63, 3.8) is 0 Å². The van der Waals surface area contributed by atoms with Crippen LogP contribution in [0, 0.1) is 0 Å². The Kier molecular flexibility index (Phi) is 5.04. The molecule has 0 aliphatic carbocycles. The second-order valence-electron chi connectivity index (χ2n) is 5.60. The smallest absolute Gasteiger partial charge is 0.545 e. The van der Waals surface area contributed by atoms with E-state index in [1.807, 2.05) is 30.5 Å². The molecule has 0 saturated heterocycles. The van der Waals surface area contributed by atoms with Crippen molar-refractivity contribution in [2.75, 3.05) is 0 Å². The van der Waals surface area contributed by atoms with Gasteiger partial charge in [-0.2, -0.15) is 0 Å². The van der Waals surface area contributed by atoms with Gasteiger partial charge in [-0.25, -0.2) is 0 Å². The van der Waals surface area contributed by atoms with Crippen LogP contribution < -0.4 is 34.7 Å². The van der Waals surface area contributed by atoms with Crippen molar-refractivity contribution in [2.45, 2.75) is 0 Å². The van der Waals surface area contributed by atoms with E-state index in [9.17, 15) is 9.90 Å². The number of hydrogen-bond donors (Lipinski definition) is 1. The summed E-state index contributed by atoms with van der Waals surface area (Å²) in [7, 11) is 0. The Morgan fingerprint density at radius 3 is 2.32 bits per heavy atom. The van der Waals surface area contributed by atoms with Crippen molar-refractivity contribution in [1.82, 2.24) is 9.97 Å². The molecule has 0 spiro atoms. The van der Waals surface area contributed by atoms with Gasteiger partial charge in [-0.1, -0.05) is 42.5 Å². The molecule has 116 valence electrons. The fraction of sp³-hybridized carbons (Fsp3) is 0. The molecule has 0 radical (unpaired) electrons. The van der Waals surface area contributed by atoms with E-state index < -0.39 is 5.97 Å². The number of aromatic amines is 1. The average Bonchev–Trinajstić information content (AvgIpc) is 3.06. The maximum atomic E-state index is 10.8. The molecule has 0 atom stereocenters. The van der Waals surface area contributed by atoms with E-state index in [0.717, 1.165) is 33.3 Å². The van der Waals surface area contributed by atoms with Crippen LogP contribution in [-0.2, 0) is 0 Å². The van der Waals surface area contributed by atoms with Gasteiger partial charge in [0.05, 0.1) is 5.97 Å². The standard InChI is InChI=1S/C20H14N2O2.Na/c23-20(24)14-7-5-13(6-8-14)16-9-17(12-21-11-16)19-10-15-3-1-2-4-18(15)22-19;/h1-12,22H,(H,23,24);/q;+1/p-1. The quantitative estimate of drug-likeness (QED) is 0.546. The number of benzene rings is 2. The maximum Gasteiger partial charge on any atom is 1.00 e.